The average molecular weight is 316 g/mol. The Morgan fingerprint density at radius 2 is 2.00 bits per heavy atom. The molecule has 4 unspecified atom stereocenters. The summed E-state index contributed by atoms with van der Waals surface area (Å²) in [6.07, 6.45) is 3.30. The third-order valence-electron chi connectivity index (χ3n) is 5.74. The second kappa shape index (κ2) is 5.18. The molecule has 2 saturated heterocycles. The molecule has 0 spiro atoms. The molecule has 3 aliphatic rings. The van der Waals surface area contributed by atoms with Crippen LogP contribution in [0.15, 0.2) is 0 Å². The Morgan fingerprint density at radius 3 is 2.67 bits per heavy atom. The molecule has 6 heteroatoms. The highest BCUT2D eigenvalue weighted by molar-refractivity contribution is 7.86. The van der Waals surface area contributed by atoms with Gasteiger partial charge in [0.15, 0.2) is 0 Å². The van der Waals surface area contributed by atoms with Gasteiger partial charge in [0.25, 0.3) is 10.2 Å². The highest BCUT2D eigenvalue weighted by atomic mass is 32.2. The van der Waals surface area contributed by atoms with Crippen molar-refractivity contribution < 1.29 is 13.2 Å². The summed E-state index contributed by atoms with van der Waals surface area (Å²) in [5.74, 6) is 0.820. The van der Waals surface area contributed by atoms with Crippen LogP contribution in [0, 0.1) is 17.3 Å². The summed E-state index contributed by atoms with van der Waals surface area (Å²) >= 11 is 0. The van der Waals surface area contributed by atoms with Gasteiger partial charge in [0, 0.05) is 44.1 Å². The van der Waals surface area contributed by atoms with Gasteiger partial charge in [-0.05, 0) is 25.2 Å². The average Bonchev–Trinajstić information content (AvgIpc) is 2.84. The van der Waals surface area contributed by atoms with E-state index in [-0.39, 0.29) is 17.6 Å². The molecule has 0 radical (unpaired) electrons. The van der Waals surface area contributed by atoms with E-state index in [4.69, 9.17) is 4.74 Å². The molecule has 4 atom stereocenters. The molecular formula is C15H28N2O3S. The molecular weight excluding hydrogens is 288 g/mol. The van der Waals surface area contributed by atoms with E-state index in [1.807, 2.05) is 0 Å². The highest BCUT2D eigenvalue weighted by Gasteiger charge is 2.62. The lowest BCUT2D eigenvalue weighted by atomic mass is 9.57. The van der Waals surface area contributed by atoms with Crippen molar-refractivity contribution in [1.82, 2.24) is 8.61 Å². The van der Waals surface area contributed by atoms with Gasteiger partial charge in [-0.25, -0.2) is 0 Å². The summed E-state index contributed by atoms with van der Waals surface area (Å²) in [6, 6.07) is 0.0623. The minimum atomic E-state index is -3.35. The molecule has 0 bridgehead atoms. The predicted octanol–water partition coefficient (Wildman–Crippen LogP) is 1.71. The molecule has 2 heterocycles. The Kier molecular flexibility index (Phi) is 3.88. The fourth-order valence-electron chi connectivity index (χ4n) is 4.72. The fraction of sp³-hybridized carbons (Fsp3) is 1.00. The second-order valence-corrected chi connectivity index (χ2v) is 9.63. The second-order valence-electron chi connectivity index (χ2n) is 7.64. The van der Waals surface area contributed by atoms with E-state index in [0.717, 1.165) is 25.9 Å². The molecule has 1 aliphatic carbocycles. The van der Waals surface area contributed by atoms with Gasteiger partial charge in [0.05, 0.1) is 6.10 Å². The van der Waals surface area contributed by atoms with Crippen LogP contribution in [0.2, 0.25) is 0 Å². The minimum Gasteiger partial charge on any atom is -0.377 e. The summed E-state index contributed by atoms with van der Waals surface area (Å²) in [5, 5.41) is 0. The van der Waals surface area contributed by atoms with E-state index in [9.17, 15) is 8.42 Å². The largest absolute Gasteiger partial charge is 0.377 e. The molecule has 2 aliphatic heterocycles. The fourth-order valence-corrected chi connectivity index (χ4v) is 6.60. The van der Waals surface area contributed by atoms with Gasteiger partial charge in [-0.2, -0.15) is 17.0 Å². The highest BCUT2D eigenvalue weighted by Crippen LogP contribution is 2.54. The summed E-state index contributed by atoms with van der Waals surface area (Å²) < 4.78 is 35.0. The molecule has 5 nitrogen and oxygen atoms in total. The Bertz CT molecular complexity index is 505. The molecule has 1 saturated carbocycles. The molecule has 0 amide bonds. The van der Waals surface area contributed by atoms with E-state index >= 15 is 0 Å². The zero-order valence-corrected chi connectivity index (χ0v) is 14.4. The van der Waals surface area contributed by atoms with Gasteiger partial charge < -0.3 is 4.74 Å². The first-order chi connectivity index (χ1) is 9.76. The Balaban J connectivity index is 1.79. The van der Waals surface area contributed by atoms with Crippen LogP contribution in [0.3, 0.4) is 0 Å². The Hall–Kier alpha value is -0.170. The molecule has 0 aromatic heterocycles. The van der Waals surface area contributed by atoms with Crippen molar-refractivity contribution in [3.63, 3.8) is 0 Å². The molecule has 0 N–H and O–H groups in total. The molecule has 3 fully saturated rings. The maximum atomic E-state index is 13.0. The van der Waals surface area contributed by atoms with E-state index in [0.29, 0.717) is 24.9 Å². The van der Waals surface area contributed by atoms with Gasteiger partial charge in [0.1, 0.15) is 0 Å². The minimum absolute atomic E-state index is 0.0623. The number of hydrogen-bond donors (Lipinski definition) is 0. The topological polar surface area (TPSA) is 49.9 Å². The van der Waals surface area contributed by atoms with Crippen LogP contribution in [0.5, 0.6) is 0 Å². The van der Waals surface area contributed by atoms with Crippen LogP contribution in [-0.2, 0) is 14.9 Å². The van der Waals surface area contributed by atoms with Crippen LogP contribution < -0.4 is 0 Å². The van der Waals surface area contributed by atoms with Gasteiger partial charge in [0.2, 0.25) is 0 Å². The third-order valence-corrected chi connectivity index (χ3v) is 7.68. The van der Waals surface area contributed by atoms with Crippen molar-refractivity contribution in [2.45, 2.75) is 52.2 Å². The van der Waals surface area contributed by atoms with Crippen molar-refractivity contribution in [3.8, 4) is 0 Å². The van der Waals surface area contributed by atoms with E-state index in [1.165, 1.54) is 0 Å². The molecule has 0 aromatic rings. The maximum Gasteiger partial charge on any atom is 0.282 e. The SMILES string of the molecule is CC1CCCN(S(=O)(=O)N(C)C2C3CCOC3C2(C)C)C1. The molecule has 21 heavy (non-hydrogen) atoms. The van der Waals surface area contributed by atoms with Gasteiger partial charge >= 0.3 is 0 Å². The summed E-state index contributed by atoms with van der Waals surface area (Å²) in [4.78, 5) is 0. The third kappa shape index (κ3) is 2.35. The number of nitrogens with zero attached hydrogens (tertiary/aromatic N) is 2. The predicted molar refractivity (Wildman–Crippen MR) is 82.1 cm³/mol. The van der Waals surface area contributed by atoms with Crippen LogP contribution in [0.25, 0.3) is 0 Å². The number of hydrogen-bond acceptors (Lipinski definition) is 3. The summed E-state index contributed by atoms with van der Waals surface area (Å²) in [6.45, 7) is 8.49. The van der Waals surface area contributed by atoms with Gasteiger partial charge in [-0.15, -0.1) is 0 Å². The van der Waals surface area contributed by atoms with E-state index in [1.54, 1.807) is 15.7 Å². The Labute approximate surface area is 128 Å². The monoisotopic (exact) mass is 316 g/mol. The number of piperidine rings is 1. The van der Waals surface area contributed by atoms with Gasteiger partial charge in [-0.3, -0.25) is 0 Å². The lowest BCUT2D eigenvalue weighted by Crippen LogP contribution is -2.68. The molecule has 122 valence electrons. The van der Waals surface area contributed by atoms with Crippen LogP contribution in [0.1, 0.15) is 40.0 Å². The molecule has 0 aromatic carbocycles. The van der Waals surface area contributed by atoms with Crippen molar-refractivity contribution in [1.29, 1.82) is 0 Å². The number of fused-ring (bicyclic) bond motifs is 1. The standard InChI is InChI=1S/C15H28N2O3S/c1-11-6-5-8-17(10-11)21(18,19)16(4)13-12-7-9-20-14(12)15(13,2)3/h11-14H,5-10H2,1-4H3. The number of ether oxygens (including phenoxy) is 1. The van der Waals surface area contributed by atoms with Crippen LogP contribution >= 0.6 is 0 Å². The first kappa shape index (κ1) is 15.7. The van der Waals surface area contributed by atoms with E-state index < -0.39 is 10.2 Å². The Morgan fingerprint density at radius 1 is 1.29 bits per heavy atom. The maximum absolute atomic E-state index is 13.0. The lowest BCUT2D eigenvalue weighted by Gasteiger charge is -2.57. The van der Waals surface area contributed by atoms with Crippen molar-refractivity contribution in [2.75, 3.05) is 26.7 Å². The summed E-state index contributed by atoms with van der Waals surface area (Å²) in [7, 11) is -1.59. The normalized spacial score (nSPS) is 40.0. The number of rotatable bonds is 3. The zero-order chi connectivity index (χ0) is 15.4. The van der Waals surface area contributed by atoms with Crippen molar-refractivity contribution >= 4 is 10.2 Å². The molecule has 3 rings (SSSR count). The van der Waals surface area contributed by atoms with Crippen molar-refractivity contribution in [2.24, 2.45) is 17.3 Å². The quantitative estimate of drug-likeness (QED) is 0.796. The summed E-state index contributed by atoms with van der Waals surface area (Å²) in [5.41, 5.74) is -0.0929. The van der Waals surface area contributed by atoms with Crippen LogP contribution in [0.4, 0.5) is 0 Å². The lowest BCUT2D eigenvalue weighted by molar-refractivity contribution is -0.132. The van der Waals surface area contributed by atoms with Crippen LogP contribution in [-0.4, -0.2) is 55.9 Å². The smallest absolute Gasteiger partial charge is 0.282 e. The van der Waals surface area contributed by atoms with Gasteiger partial charge in [-0.1, -0.05) is 20.8 Å². The first-order valence-electron chi connectivity index (χ1n) is 8.11. The first-order valence-corrected chi connectivity index (χ1v) is 9.50. The zero-order valence-electron chi connectivity index (χ0n) is 13.6. The van der Waals surface area contributed by atoms with E-state index in [2.05, 4.69) is 20.8 Å². The van der Waals surface area contributed by atoms with Crippen molar-refractivity contribution in [3.05, 3.63) is 0 Å².